The Morgan fingerprint density at radius 1 is 1.20 bits per heavy atom. The molecule has 0 unspecified atom stereocenters. The van der Waals surface area contributed by atoms with E-state index in [2.05, 4.69) is 10.3 Å². The van der Waals surface area contributed by atoms with Crippen LogP contribution in [0.15, 0.2) is 30.5 Å². The van der Waals surface area contributed by atoms with E-state index in [1.54, 1.807) is 20.4 Å². The number of aryl methyl sites for hydroxylation is 1. The summed E-state index contributed by atoms with van der Waals surface area (Å²) < 4.78 is 10.5. The highest BCUT2D eigenvalue weighted by atomic mass is 16.5. The number of ether oxygens (including phenoxy) is 2. The fourth-order valence-electron chi connectivity index (χ4n) is 1.82. The highest BCUT2D eigenvalue weighted by Gasteiger charge is 2.05. The molecule has 2 aromatic rings. The number of rotatable bonds is 5. The highest BCUT2D eigenvalue weighted by molar-refractivity contribution is 5.54. The summed E-state index contributed by atoms with van der Waals surface area (Å²) in [5.74, 6) is 2.28. The minimum Gasteiger partial charge on any atom is -0.497 e. The number of methoxy groups -OCH3 is 2. The van der Waals surface area contributed by atoms with Gasteiger partial charge in [0.2, 0.25) is 0 Å². The minimum absolute atomic E-state index is 0.600. The van der Waals surface area contributed by atoms with Gasteiger partial charge in [-0.05, 0) is 24.6 Å². The van der Waals surface area contributed by atoms with Gasteiger partial charge in [0.15, 0.2) is 0 Å². The Balaban J connectivity index is 2.12. The van der Waals surface area contributed by atoms with E-state index >= 15 is 0 Å². The summed E-state index contributed by atoms with van der Waals surface area (Å²) in [4.78, 5) is 4.29. The van der Waals surface area contributed by atoms with Gasteiger partial charge in [-0.15, -0.1) is 0 Å². The van der Waals surface area contributed by atoms with E-state index in [1.165, 1.54) is 0 Å². The highest BCUT2D eigenvalue weighted by Crippen LogP contribution is 2.25. The monoisotopic (exact) mass is 273 g/mol. The Labute approximate surface area is 118 Å². The Morgan fingerprint density at radius 2 is 2.00 bits per heavy atom. The largest absolute Gasteiger partial charge is 0.497 e. The Morgan fingerprint density at radius 3 is 2.65 bits per heavy atom. The summed E-state index contributed by atoms with van der Waals surface area (Å²) >= 11 is 0. The molecular weight excluding hydrogens is 254 g/mol. The number of pyridine rings is 1. The van der Waals surface area contributed by atoms with Crippen molar-refractivity contribution in [3.63, 3.8) is 0 Å². The fourth-order valence-corrected chi connectivity index (χ4v) is 1.82. The Kier molecular flexibility index (Phi) is 4.30. The molecule has 0 amide bonds. The number of anilines is 2. The van der Waals surface area contributed by atoms with Crippen LogP contribution in [0.1, 0.15) is 11.1 Å². The molecule has 1 aromatic heterocycles. The van der Waals surface area contributed by atoms with Crippen LogP contribution in [-0.4, -0.2) is 19.2 Å². The van der Waals surface area contributed by atoms with Crippen molar-refractivity contribution in [1.29, 1.82) is 0 Å². The van der Waals surface area contributed by atoms with E-state index in [1.807, 2.05) is 31.2 Å². The maximum Gasteiger partial charge on any atom is 0.128 e. The number of benzene rings is 1. The van der Waals surface area contributed by atoms with E-state index < -0.39 is 0 Å². The molecule has 5 heteroatoms. The summed E-state index contributed by atoms with van der Waals surface area (Å²) in [6, 6.07) is 7.54. The number of nitrogens with two attached hydrogens (primary N) is 1. The zero-order valence-electron chi connectivity index (χ0n) is 11.9. The Bertz CT molecular complexity index is 600. The van der Waals surface area contributed by atoms with Crippen molar-refractivity contribution in [1.82, 2.24) is 4.98 Å². The maximum absolute atomic E-state index is 5.86. The van der Waals surface area contributed by atoms with Crippen LogP contribution in [0, 0.1) is 6.92 Å². The van der Waals surface area contributed by atoms with Crippen LogP contribution in [0.4, 0.5) is 11.5 Å². The van der Waals surface area contributed by atoms with Gasteiger partial charge in [-0.25, -0.2) is 4.98 Å². The summed E-state index contributed by atoms with van der Waals surface area (Å²) in [6.45, 7) is 2.53. The normalized spacial score (nSPS) is 10.2. The van der Waals surface area contributed by atoms with Gasteiger partial charge in [-0.1, -0.05) is 0 Å². The van der Waals surface area contributed by atoms with Crippen molar-refractivity contribution < 1.29 is 9.47 Å². The number of hydrogen-bond donors (Lipinski definition) is 2. The van der Waals surface area contributed by atoms with Crippen LogP contribution in [-0.2, 0) is 6.54 Å². The van der Waals surface area contributed by atoms with Gasteiger partial charge in [-0.3, -0.25) is 0 Å². The summed E-state index contributed by atoms with van der Waals surface area (Å²) in [5, 5.41) is 3.23. The van der Waals surface area contributed by atoms with Crippen molar-refractivity contribution >= 4 is 11.5 Å². The first kappa shape index (κ1) is 14.0. The lowest BCUT2D eigenvalue weighted by Crippen LogP contribution is -2.04. The molecule has 0 spiro atoms. The lowest BCUT2D eigenvalue weighted by atomic mass is 10.2. The topological polar surface area (TPSA) is 69.4 Å². The average molecular weight is 273 g/mol. The molecule has 1 aromatic carbocycles. The molecule has 3 N–H and O–H groups in total. The molecule has 20 heavy (non-hydrogen) atoms. The molecule has 2 rings (SSSR count). The first-order chi connectivity index (χ1) is 9.63. The number of hydrogen-bond acceptors (Lipinski definition) is 5. The molecule has 0 saturated heterocycles. The van der Waals surface area contributed by atoms with Crippen LogP contribution >= 0.6 is 0 Å². The molecule has 1 heterocycles. The minimum atomic E-state index is 0.600. The summed E-state index contributed by atoms with van der Waals surface area (Å²) in [6.07, 6.45) is 1.75. The molecule has 0 saturated carbocycles. The number of nitrogens with one attached hydrogen (secondary N) is 1. The quantitative estimate of drug-likeness (QED) is 0.876. The van der Waals surface area contributed by atoms with E-state index in [-0.39, 0.29) is 0 Å². The number of nitrogens with zero attached hydrogens (tertiary/aromatic N) is 1. The van der Waals surface area contributed by atoms with E-state index in [4.69, 9.17) is 15.2 Å². The van der Waals surface area contributed by atoms with Gasteiger partial charge in [0.25, 0.3) is 0 Å². The molecule has 5 nitrogen and oxygen atoms in total. The third-order valence-corrected chi connectivity index (χ3v) is 3.10. The van der Waals surface area contributed by atoms with Crippen molar-refractivity contribution in [3.8, 4) is 11.5 Å². The van der Waals surface area contributed by atoms with Crippen molar-refractivity contribution in [2.75, 3.05) is 25.3 Å². The third-order valence-electron chi connectivity index (χ3n) is 3.10. The van der Waals surface area contributed by atoms with E-state index in [0.717, 1.165) is 34.1 Å². The molecular formula is C15H19N3O2. The number of aromatic nitrogens is 1. The van der Waals surface area contributed by atoms with Crippen molar-refractivity contribution in [2.45, 2.75) is 13.5 Å². The van der Waals surface area contributed by atoms with Gasteiger partial charge < -0.3 is 20.5 Å². The molecule has 106 valence electrons. The first-order valence-electron chi connectivity index (χ1n) is 6.31. The standard InChI is InChI=1S/C15H19N3O2/c1-10-8-17-15(7-13(10)16)18-9-11-4-5-12(19-2)6-14(11)20-3/h4-8H,9H2,1-3H3,(H3,16,17,18). The summed E-state index contributed by atoms with van der Waals surface area (Å²) in [7, 11) is 3.27. The van der Waals surface area contributed by atoms with Crippen molar-refractivity contribution in [2.24, 2.45) is 0 Å². The second-order valence-electron chi connectivity index (χ2n) is 4.46. The lowest BCUT2D eigenvalue weighted by Gasteiger charge is -2.12. The SMILES string of the molecule is COc1ccc(CNc2cc(N)c(C)cn2)c(OC)c1. The average Bonchev–Trinajstić information content (AvgIpc) is 2.48. The lowest BCUT2D eigenvalue weighted by molar-refractivity contribution is 0.391. The zero-order valence-corrected chi connectivity index (χ0v) is 11.9. The molecule has 0 aliphatic carbocycles. The van der Waals surface area contributed by atoms with Crippen LogP contribution < -0.4 is 20.5 Å². The molecule has 0 aliphatic rings. The van der Waals surface area contributed by atoms with Crippen LogP contribution in [0.3, 0.4) is 0 Å². The van der Waals surface area contributed by atoms with Crippen LogP contribution in [0.2, 0.25) is 0 Å². The van der Waals surface area contributed by atoms with Crippen molar-refractivity contribution in [3.05, 3.63) is 41.6 Å². The molecule has 0 radical (unpaired) electrons. The molecule has 0 atom stereocenters. The van der Waals surface area contributed by atoms with E-state index in [9.17, 15) is 0 Å². The Hall–Kier alpha value is -2.43. The molecule has 0 aliphatic heterocycles. The third kappa shape index (κ3) is 3.12. The van der Waals surface area contributed by atoms with Gasteiger partial charge in [-0.2, -0.15) is 0 Å². The number of nitrogen functional groups attached to an aromatic ring is 1. The van der Waals surface area contributed by atoms with Gasteiger partial charge in [0.05, 0.1) is 14.2 Å². The van der Waals surface area contributed by atoms with Gasteiger partial charge >= 0.3 is 0 Å². The predicted octanol–water partition coefficient (Wildman–Crippen LogP) is 2.60. The molecule has 0 fully saturated rings. The first-order valence-corrected chi connectivity index (χ1v) is 6.31. The van der Waals surface area contributed by atoms with Gasteiger partial charge in [0, 0.05) is 36.1 Å². The van der Waals surface area contributed by atoms with Crippen LogP contribution in [0.25, 0.3) is 0 Å². The second kappa shape index (κ2) is 6.14. The zero-order chi connectivity index (χ0) is 14.5. The smallest absolute Gasteiger partial charge is 0.128 e. The predicted molar refractivity (Wildman–Crippen MR) is 80.3 cm³/mol. The second-order valence-corrected chi connectivity index (χ2v) is 4.46. The molecule has 0 bridgehead atoms. The van der Waals surface area contributed by atoms with Crippen LogP contribution in [0.5, 0.6) is 11.5 Å². The fraction of sp³-hybridized carbons (Fsp3) is 0.267. The maximum atomic E-state index is 5.86. The van der Waals surface area contributed by atoms with Gasteiger partial charge in [0.1, 0.15) is 17.3 Å². The summed E-state index contributed by atoms with van der Waals surface area (Å²) in [5.41, 5.74) is 8.58. The van der Waals surface area contributed by atoms with E-state index in [0.29, 0.717) is 6.54 Å².